The molecule has 320 valence electrons. The van der Waals surface area contributed by atoms with Gasteiger partial charge in [0.05, 0.1) is 18.3 Å². The molecule has 0 spiro atoms. The monoisotopic (exact) mass is 823 g/mol. The quantitative estimate of drug-likeness (QED) is 0.139. The lowest BCUT2D eigenvalue weighted by Gasteiger charge is -2.30. The third kappa shape index (κ3) is 10.8. The first-order chi connectivity index (χ1) is 28.7. The minimum absolute atomic E-state index is 0.0354. The van der Waals surface area contributed by atoms with E-state index in [2.05, 4.69) is 36.7 Å². The first-order valence-electron chi connectivity index (χ1n) is 20.8. The molecule has 2 aliphatic heterocycles. The van der Waals surface area contributed by atoms with Crippen molar-refractivity contribution in [2.24, 2.45) is 5.92 Å². The van der Waals surface area contributed by atoms with Gasteiger partial charge in [0.1, 0.15) is 30.2 Å². The summed E-state index contributed by atoms with van der Waals surface area (Å²) in [5, 5.41) is 30.2. The van der Waals surface area contributed by atoms with Crippen LogP contribution in [-0.2, 0) is 36.9 Å². The number of aliphatic hydroxyl groups is 1. The predicted molar refractivity (Wildman–Crippen MR) is 224 cm³/mol. The number of aromatic nitrogens is 3. The topological polar surface area (TPSA) is 220 Å². The molecule has 16 heteroatoms. The van der Waals surface area contributed by atoms with Crippen molar-refractivity contribution in [3.8, 4) is 0 Å². The number of rotatable bonds is 8. The minimum Gasteiger partial charge on any atom is -0.391 e. The number of para-hydroxylation sites is 1. The summed E-state index contributed by atoms with van der Waals surface area (Å²) < 4.78 is 1.85. The molecular formula is C44H57N9O7. The van der Waals surface area contributed by atoms with Gasteiger partial charge in [-0.15, -0.1) is 0 Å². The largest absolute Gasteiger partial charge is 0.391 e. The van der Waals surface area contributed by atoms with Crippen molar-refractivity contribution in [2.45, 2.75) is 116 Å². The molecule has 0 unspecified atom stereocenters. The number of H-pyrrole nitrogens is 1. The van der Waals surface area contributed by atoms with E-state index in [0.717, 1.165) is 33.4 Å². The number of hydrogen-bond donors (Lipinski definition) is 7. The van der Waals surface area contributed by atoms with E-state index in [1.54, 1.807) is 24.4 Å². The van der Waals surface area contributed by atoms with Gasteiger partial charge in [0.2, 0.25) is 29.5 Å². The Morgan fingerprint density at radius 2 is 1.68 bits per heavy atom. The number of carbonyl (C=O) groups is 6. The highest BCUT2D eigenvalue weighted by atomic mass is 16.3. The lowest BCUT2D eigenvalue weighted by molar-refractivity contribution is -0.142. The molecule has 0 bridgehead atoms. The second-order valence-corrected chi connectivity index (χ2v) is 16.5. The van der Waals surface area contributed by atoms with E-state index >= 15 is 0 Å². The zero-order valence-electron chi connectivity index (χ0n) is 34.9. The van der Waals surface area contributed by atoms with Crippen molar-refractivity contribution >= 4 is 46.3 Å². The van der Waals surface area contributed by atoms with E-state index in [1.165, 1.54) is 11.8 Å². The smallest absolute Gasteiger partial charge is 0.251 e. The molecule has 0 aliphatic carbocycles. The number of carbonyl (C=O) groups excluding carboxylic acids is 6. The van der Waals surface area contributed by atoms with Crippen LogP contribution in [0.4, 0.5) is 0 Å². The van der Waals surface area contributed by atoms with E-state index in [0.29, 0.717) is 24.9 Å². The number of aliphatic hydroxyl groups excluding tert-OH is 1. The second-order valence-electron chi connectivity index (χ2n) is 16.5. The zero-order chi connectivity index (χ0) is 43.1. The summed E-state index contributed by atoms with van der Waals surface area (Å²) in [7, 11) is 0. The molecule has 0 radical (unpaired) electrons. The number of benzene rings is 2. The van der Waals surface area contributed by atoms with Crippen molar-refractivity contribution in [3.05, 3.63) is 88.9 Å². The van der Waals surface area contributed by atoms with Gasteiger partial charge in [-0.25, -0.2) is 0 Å². The Morgan fingerprint density at radius 1 is 0.917 bits per heavy atom. The molecule has 60 heavy (non-hydrogen) atoms. The Labute approximate surface area is 349 Å². The van der Waals surface area contributed by atoms with E-state index in [-0.39, 0.29) is 44.7 Å². The number of amides is 6. The van der Waals surface area contributed by atoms with E-state index < -0.39 is 71.8 Å². The fraction of sp³-hybridized carbons (Fsp3) is 0.477. The van der Waals surface area contributed by atoms with Crippen molar-refractivity contribution < 1.29 is 33.9 Å². The first kappa shape index (κ1) is 43.5. The van der Waals surface area contributed by atoms with Gasteiger partial charge in [-0.3, -0.25) is 33.4 Å². The van der Waals surface area contributed by atoms with E-state index in [4.69, 9.17) is 0 Å². The fourth-order valence-corrected chi connectivity index (χ4v) is 8.01. The van der Waals surface area contributed by atoms with E-state index in [9.17, 15) is 33.9 Å². The van der Waals surface area contributed by atoms with E-state index in [1.807, 2.05) is 68.8 Å². The highest BCUT2D eigenvalue weighted by molar-refractivity contribution is 5.99. The minimum atomic E-state index is -1.18. The molecule has 6 rings (SSSR count). The molecular weight excluding hydrogens is 767 g/mol. The highest BCUT2D eigenvalue weighted by Gasteiger charge is 2.42. The summed E-state index contributed by atoms with van der Waals surface area (Å²) in [6.07, 6.45) is 2.19. The molecule has 2 aromatic carbocycles. The van der Waals surface area contributed by atoms with Crippen LogP contribution in [0.25, 0.3) is 10.9 Å². The van der Waals surface area contributed by atoms with Crippen LogP contribution in [0, 0.1) is 19.8 Å². The van der Waals surface area contributed by atoms with Gasteiger partial charge in [-0.2, -0.15) is 5.10 Å². The molecule has 7 N–H and O–H groups in total. The molecule has 2 aliphatic rings. The van der Waals surface area contributed by atoms with Crippen molar-refractivity contribution in [1.82, 2.24) is 46.2 Å². The molecule has 2 saturated heterocycles. The van der Waals surface area contributed by atoms with Crippen LogP contribution >= 0.6 is 0 Å². The molecule has 4 heterocycles. The Morgan fingerprint density at radius 3 is 2.43 bits per heavy atom. The van der Waals surface area contributed by atoms with Crippen molar-refractivity contribution in [3.63, 3.8) is 0 Å². The van der Waals surface area contributed by atoms with Gasteiger partial charge in [-0.1, -0.05) is 44.2 Å². The lowest BCUT2D eigenvalue weighted by Crippen LogP contribution is -2.59. The van der Waals surface area contributed by atoms with Gasteiger partial charge < -0.3 is 41.6 Å². The third-order valence-corrected chi connectivity index (χ3v) is 11.1. The summed E-state index contributed by atoms with van der Waals surface area (Å²) >= 11 is 0. The van der Waals surface area contributed by atoms with Crippen LogP contribution in [0.1, 0.15) is 85.7 Å². The van der Waals surface area contributed by atoms with Crippen LogP contribution in [0.3, 0.4) is 0 Å². The summed E-state index contributed by atoms with van der Waals surface area (Å²) in [5.74, 6) is -3.32. The van der Waals surface area contributed by atoms with Crippen LogP contribution in [0.2, 0.25) is 0 Å². The van der Waals surface area contributed by atoms with Crippen molar-refractivity contribution in [1.29, 1.82) is 0 Å². The summed E-state index contributed by atoms with van der Waals surface area (Å²) in [5.41, 5.74) is 4.63. The third-order valence-electron chi connectivity index (χ3n) is 11.1. The summed E-state index contributed by atoms with van der Waals surface area (Å²) in [6.45, 7) is 9.77. The number of fused-ring (bicyclic) bond motifs is 2. The number of nitrogens with one attached hydrogen (secondary N) is 6. The molecule has 16 nitrogen and oxygen atoms in total. The predicted octanol–water partition coefficient (Wildman–Crippen LogP) is 2.15. The molecule has 0 saturated carbocycles. The fourth-order valence-electron chi connectivity index (χ4n) is 8.01. The maximum absolute atomic E-state index is 14.3. The lowest BCUT2D eigenvalue weighted by atomic mass is 10.00. The van der Waals surface area contributed by atoms with Gasteiger partial charge in [-0.05, 0) is 87.8 Å². The Bertz CT molecular complexity index is 2210. The van der Waals surface area contributed by atoms with Gasteiger partial charge in [0.25, 0.3) is 5.91 Å². The standard InChI is InChI=1S/C44H57N9O7/c1-25(2)17-37-44(60)52-24-32(54)21-38(52)43(59)45-16-9-8-15-35(48-40(56)30-12-10-11-29(19-30)23-53-27(4)18-26(3)51-53)41(57)47-28(5)39(55)49-36(42(58)50-37)20-31-22-46-34-14-7-6-13-33(31)34/h6-7,10-14,18-19,22,25,28,32,35-38,46,54H,8-9,15-17,20-21,23-24H2,1-5H3,(H,45,59)(H,47,57)(H,48,56)(H,49,55)(H,50,58)/t28-,32-,35+,36+,37-,38+/m1/s1. The van der Waals surface area contributed by atoms with Gasteiger partial charge in [0, 0.05) is 54.3 Å². The Kier molecular flexibility index (Phi) is 14.0. The van der Waals surface area contributed by atoms with Crippen molar-refractivity contribution in [2.75, 3.05) is 13.1 Å². The summed E-state index contributed by atoms with van der Waals surface area (Å²) in [4.78, 5) is 88.0. The highest BCUT2D eigenvalue weighted by Crippen LogP contribution is 2.23. The molecule has 2 aromatic heterocycles. The number of aromatic amines is 1. The Balaban J connectivity index is 1.26. The normalized spacial score (nSPS) is 23.9. The van der Waals surface area contributed by atoms with Crippen LogP contribution in [-0.4, -0.2) is 110 Å². The van der Waals surface area contributed by atoms with Crippen LogP contribution < -0.4 is 26.6 Å². The SMILES string of the molecule is Cc1cc(C)n(Cc2cccc(C(=O)N[C@H]3CCCCNC(=O)[C@@H]4C[C@@H](O)CN4C(=O)[C@@H](CC(C)C)NC(=O)[C@H](Cc4c[nH]c5ccccc45)NC(=O)[C@@H](C)NC3=O)c2)n1. The maximum Gasteiger partial charge on any atom is 0.251 e. The van der Waals surface area contributed by atoms with Gasteiger partial charge >= 0.3 is 0 Å². The maximum atomic E-state index is 14.3. The van der Waals surface area contributed by atoms with Gasteiger partial charge in [0.15, 0.2) is 0 Å². The molecule has 2 fully saturated rings. The second kappa shape index (κ2) is 19.4. The molecule has 6 amide bonds. The number of nitrogens with zero attached hydrogens (tertiary/aromatic N) is 3. The molecule has 4 aromatic rings. The average molecular weight is 824 g/mol. The van der Waals surface area contributed by atoms with Crippen LogP contribution in [0.5, 0.6) is 0 Å². The zero-order valence-corrected chi connectivity index (χ0v) is 34.9. The number of aryl methyl sites for hydroxylation is 2. The Hall–Kier alpha value is -6.03. The van der Waals surface area contributed by atoms with Crippen LogP contribution in [0.15, 0.2) is 60.8 Å². The first-order valence-corrected chi connectivity index (χ1v) is 20.8. The molecule has 6 atom stereocenters. The summed E-state index contributed by atoms with van der Waals surface area (Å²) in [6, 6.07) is 11.2. The average Bonchev–Trinajstić information content (AvgIpc) is 3.90. The number of hydrogen-bond acceptors (Lipinski definition) is 8.